The van der Waals surface area contributed by atoms with E-state index in [4.69, 9.17) is 10.9 Å². The molecule has 0 aliphatic heterocycles. The van der Waals surface area contributed by atoms with E-state index in [0.29, 0.717) is 12.1 Å². The Morgan fingerprint density at radius 2 is 1.87 bits per heavy atom. The maximum absolute atomic E-state index is 10.9. The van der Waals surface area contributed by atoms with Gasteiger partial charge in [-0.15, -0.1) is 0 Å². The molecule has 0 fully saturated rings. The molecule has 1 aromatic carbocycles. The lowest BCUT2D eigenvalue weighted by atomic mass is 10.1. The topological polar surface area (TPSA) is 104 Å². The van der Waals surface area contributed by atoms with Gasteiger partial charge in [0.25, 0.3) is 5.91 Å². The van der Waals surface area contributed by atoms with Crippen LogP contribution in [0.5, 0.6) is 0 Å². The molecule has 5 N–H and O–H groups in total. The molecule has 0 aliphatic rings. The number of hydrogen-bond donors (Lipinski definition) is 4. The van der Waals surface area contributed by atoms with Gasteiger partial charge < -0.3 is 11.1 Å². The Kier molecular flexibility index (Phi) is 3.64. The summed E-state index contributed by atoms with van der Waals surface area (Å²) < 4.78 is 0. The molecule has 0 radical (unpaired) electrons. The Balaban J connectivity index is 2.64. The van der Waals surface area contributed by atoms with Crippen LogP contribution in [0.4, 0.5) is 4.79 Å². The number of hydroxylamine groups is 1. The Labute approximate surface area is 86.0 Å². The van der Waals surface area contributed by atoms with E-state index in [1.807, 2.05) is 0 Å². The number of carbonyl (C=O) groups excluding carboxylic acids is 2. The highest BCUT2D eigenvalue weighted by Crippen LogP contribution is 2.03. The Hall–Kier alpha value is -2.08. The van der Waals surface area contributed by atoms with Crippen LogP contribution in [-0.4, -0.2) is 17.1 Å². The first-order valence-corrected chi connectivity index (χ1v) is 4.20. The van der Waals surface area contributed by atoms with E-state index in [2.05, 4.69) is 5.32 Å². The van der Waals surface area contributed by atoms with Crippen LogP contribution in [-0.2, 0) is 6.54 Å². The van der Waals surface area contributed by atoms with Crippen LogP contribution in [0.3, 0.4) is 0 Å². The summed E-state index contributed by atoms with van der Waals surface area (Å²) in [6.45, 7) is 0.302. The third-order valence-corrected chi connectivity index (χ3v) is 1.78. The summed E-state index contributed by atoms with van der Waals surface area (Å²) in [6.07, 6.45) is 0. The lowest BCUT2D eigenvalue weighted by Crippen LogP contribution is -2.28. The molecule has 0 saturated heterocycles. The van der Waals surface area contributed by atoms with Gasteiger partial charge in [-0.25, -0.2) is 10.3 Å². The third-order valence-electron chi connectivity index (χ3n) is 1.78. The van der Waals surface area contributed by atoms with Gasteiger partial charge in [0.05, 0.1) is 0 Å². The average Bonchev–Trinajstić information content (AvgIpc) is 2.26. The zero-order valence-electron chi connectivity index (χ0n) is 7.86. The molecule has 6 heteroatoms. The van der Waals surface area contributed by atoms with Crippen LogP contribution in [0.2, 0.25) is 0 Å². The van der Waals surface area contributed by atoms with Gasteiger partial charge in [0.15, 0.2) is 0 Å². The second-order valence-corrected chi connectivity index (χ2v) is 2.86. The number of nitrogens with one attached hydrogen (secondary N) is 2. The third kappa shape index (κ3) is 3.28. The number of amides is 3. The molecule has 0 heterocycles. The van der Waals surface area contributed by atoms with Gasteiger partial charge in [-0.2, -0.15) is 0 Å². The summed E-state index contributed by atoms with van der Waals surface area (Å²) >= 11 is 0. The van der Waals surface area contributed by atoms with Crippen molar-refractivity contribution in [2.75, 3.05) is 0 Å². The van der Waals surface area contributed by atoms with Crippen molar-refractivity contribution in [1.82, 2.24) is 10.8 Å². The molecule has 0 bridgehead atoms. The standard InChI is InChI=1S/C9H11N3O3/c10-9(14)11-5-6-1-3-7(4-2-6)8(13)12-15/h1-4,15H,5H2,(H,12,13)(H3,10,11,14). The zero-order chi connectivity index (χ0) is 11.3. The number of urea groups is 1. The predicted molar refractivity (Wildman–Crippen MR) is 52.1 cm³/mol. The summed E-state index contributed by atoms with van der Waals surface area (Å²) in [4.78, 5) is 21.3. The van der Waals surface area contributed by atoms with Crippen LogP contribution in [0.1, 0.15) is 15.9 Å². The Bertz CT molecular complexity index is 361. The van der Waals surface area contributed by atoms with Crippen molar-refractivity contribution in [1.29, 1.82) is 0 Å². The summed E-state index contributed by atoms with van der Waals surface area (Å²) in [7, 11) is 0. The van der Waals surface area contributed by atoms with Gasteiger partial charge >= 0.3 is 6.03 Å². The fourth-order valence-electron chi connectivity index (χ4n) is 1.03. The van der Waals surface area contributed by atoms with Crippen LogP contribution >= 0.6 is 0 Å². The van der Waals surface area contributed by atoms with E-state index in [1.54, 1.807) is 12.1 Å². The SMILES string of the molecule is NC(=O)NCc1ccc(C(=O)NO)cc1. The molecule has 0 saturated carbocycles. The lowest BCUT2D eigenvalue weighted by molar-refractivity contribution is 0.0706. The second kappa shape index (κ2) is 4.97. The molecule has 3 amide bonds. The van der Waals surface area contributed by atoms with E-state index in [-0.39, 0.29) is 0 Å². The van der Waals surface area contributed by atoms with Crippen molar-refractivity contribution in [3.05, 3.63) is 35.4 Å². The van der Waals surface area contributed by atoms with E-state index < -0.39 is 11.9 Å². The molecule has 80 valence electrons. The fourth-order valence-corrected chi connectivity index (χ4v) is 1.03. The minimum Gasteiger partial charge on any atom is -0.352 e. The highest BCUT2D eigenvalue weighted by Gasteiger charge is 2.03. The molecule has 0 atom stereocenters. The normalized spacial score (nSPS) is 9.40. The molecule has 0 aromatic heterocycles. The van der Waals surface area contributed by atoms with Crippen molar-refractivity contribution >= 4 is 11.9 Å². The van der Waals surface area contributed by atoms with Gasteiger partial charge in [-0.3, -0.25) is 10.0 Å². The van der Waals surface area contributed by atoms with Gasteiger partial charge in [0.2, 0.25) is 0 Å². The van der Waals surface area contributed by atoms with Gasteiger partial charge in [0.1, 0.15) is 0 Å². The number of carbonyl (C=O) groups is 2. The van der Waals surface area contributed by atoms with Crippen LogP contribution in [0.15, 0.2) is 24.3 Å². The molecule has 0 spiro atoms. The lowest BCUT2D eigenvalue weighted by Gasteiger charge is -2.03. The Morgan fingerprint density at radius 3 is 2.33 bits per heavy atom. The molecule has 1 rings (SSSR count). The highest BCUT2D eigenvalue weighted by molar-refractivity contribution is 5.93. The molecule has 1 aromatic rings. The first-order chi connectivity index (χ1) is 7.13. The summed E-state index contributed by atoms with van der Waals surface area (Å²) in [5.74, 6) is -0.579. The quantitative estimate of drug-likeness (QED) is 0.415. The number of nitrogens with two attached hydrogens (primary N) is 1. The molecule has 0 aliphatic carbocycles. The second-order valence-electron chi connectivity index (χ2n) is 2.86. The number of benzene rings is 1. The summed E-state index contributed by atoms with van der Waals surface area (Å²) in [6, 6.07) is 5.76. The maximum atomic E-state index is 10.9. The van der Waals surface area contributed by atoms with Crippen molar-refractivity contribution < 1.29 is 14.8 Å². The van der Waals surface area contributed by atoms with Gasteiger partial charge in [-0.05, 0) is 17.7 Å². The van der Waals surface area contributed by atoms with Crippen LogP contribution in [0, 0.1) is 0 Å². The molecular formula is C9H11N3O3. The predicted octanol–water partition coefficient (Wildman–Crippen LogP) is -0.0261. The minimum absolute atomic E-state index is 0.302. The van der Waals surface area contributed by atoms with Gasteiger partial charge in [-0.1, -0.05) is 12.1 Å². The van der Waals surface area contributed by atoms with E-state index >= 15 is 0 Å². The fraction of sp³-hybridized carbons (Fsp3) is 0.111. The number of primary amides is 1. The first kappa shape index (κ1) is 11.0. The molecule has 6 nitrogen and oxygen atoms in total. The monoisotopic (exact) mass is 209 g/mol. The van der Waals surface area contributed by atoms with Crippen molar-refractivity contribution in [3.8, 4) is 0 Å². The highest BCUT2D eigenvalue weighted by atomic mass is 16.5. The summed E-state index contributed by atoms with van der Waals surface area (Å²) in [5, 5.41) is 10.8. The van der Waals surface area contributed by atoms with Crippen molar-refractivity contribution in [3.63, 3.8) is 0 Å². The van der Waals surface area contributed by atoms with Crippen molar-refractivity contribution in [2.24, 2.45) is 5.73 Å². The van der Waals surface area contributed by atoms with E-state index in [1.165, 1.54) is 17.6 Å². The number of rotatable bonds is 3. The maximum Gasteiger partial charge on any atom is 0.312 e. The smallest absolute Gasteiger partial charge is 0.312 e. The molecular weight excluding hydrogens is 198 g/mol. The average molecular weight is 209 g/mol. The first-order valence-electron chi connectivity index (χ1n) is 4.20. The van der Waals surface area contributed by atoms with E-state index in [9.17, 15) is 9.59 Å². The minimum atomic E-state index is -0.604. The number of hydrogen-bond acceptors (Lipinski definition) is 3. The Morgan fingerprint density at radius 1 is 1.27 bits per heavy atom. The largest absolute Gasteiger partial charge is 0.352 e. The van der Waals surface area contributed by atoms with Gasteiger partial charge in [0, 0.05) is 12.1 Å². The summed E-state index contributed by atoms with van der Waals surface area (Å²) in [5.41, 5.74) is 7.56. The van der Waals surface area contributed by atoms with E-state index in [0.717, 1.165) is 5.56 Å². The van der Waals surface area contributed by atoms with Crippen molar-refractivity contribution in [2.45, 2.75) is 6.54 Å². The molecule has 0 unspecified atom stereocenters. The molecule has 15 heavy (non-hydrogen) atoms. The van der Waals surface area contributed by atoms with Crippen LogP contribution in [0.25, 0.3) is 0 Å². The van der Waals surface area contributed by atoms with Crippen LogP contribution < -0.4 is 16.5 Å². The zero-order valence-corrected chi connectivity index (χ0v) is 7.86.